The van der Waals surface area contributed by atoms with Crippen LogP contribution in [0.15, 0.2) is 24.3 Å². The van der Waals surface area contributed by atoms with Gasteiger partial charge in [0.05, 0.1) is 6.61 Å². The second-order valence-corrected chi connectivity index (χ2v) is 6.09. The van der Waals surface area contributed by atoms with Crippen LogP contribution < -0.4 is 10.1 Å². The molecule has 0 amide bonds. The van der Waals surface area contributed by atoms with Crippen molar-refractivity contribution in [3.05, 3.63) is 29.8 Å². The van der Waals surface area contributed by atoms with Gasteiger partial charge in [0, 0.05) is 11.8 Å². The van der Waals surface area contributed by atoms with Crippen LogP contribution in [0.25, 0.3) is 0 Å². The van der Waals surface area contributed by atoms with Crippen molar-refractivity contribution in [1.82, 2.24) is 5.32 Å². The smallest absolute Gasteiger partial charge is 0.119 e. The minimum absolute atomic E-state index is 0.451. The molecule has 0 aliphatic rings. The Balaban J connectivity index is 2.56. The zero-order chi connectivity index (χ0) is 14.6. The lowest BCUT2D eigenvalue weighted by molar-refractivity contribution is 0.340. The average Bonchev–Trinajstić information content (AvgIpc) is 2.48. The van der Waals surface area contributed by atoms with E-state index in [9.17, 15) is 0 Å². The minimum Gasteiger partial charge on any atom is -0.494 e. The van der Waals surface area contributed by atoms with Crippen LogP contribution in [0.4, 0.5) is 0 Å². The number of hydrogen-bond donors (Lipinski definition) is 1. The molecule has 0 saturated carbocycles. The van der Waals surface area contributed by atoms with Crippen LogP contribution in [0.1, 0.15) is 51.6 Å². The summed E-state index contributed by atoms with van der Waals surface area (Å²) in [6.07, 6.45) is 3.77. The van der Waals surface area contributed by atoms with E-state index in [2.05, 4.69) is 55.2 Å². The molecule has 0 fully saturated rings. The maximum Gasteiger partial charge on any atom is 0.119 e. The fourth-order valence-corrected chi connectivity index (χ4v) is 3.21. The number of nitrogens with one attached hydrogen (secondary N) is 1. The lowest BCUT2D eigenvalue weighted by atomic mass is 10.1. The zero-order valence-corrected chi connectivity index (χ0v) is 14.0. The minimum atomic E-state index is 0.451. The first-order valence-corrected chi connectivity index (χ1v) is 9.01. The van der Waals surface area contributed by atoms with Gasteiger partial charge in [-0.15, -0.1) is 0 Å². The summed E-state index contributed by atoms with van der Waals surface area (Å²) in [7, 11) is 0. The standard InChI is InChI=1S/C17H29NOS/c1-4-7-13-20-14-17(18-12-5-2)15-8-10-16(11-9-15)19-6-3/h8-11,17-18H,4-7,12-14H2,1-3H3. The summed E-state index contributed by atoms with van der Waals surface area (Å²) in [6, 6.07) is 9.00. The van der Waals surface area contributed by atoms with E-state index in [1.807, 2.05) is 6.92 Å². The molecule has 114 valence electrons. The van der Waals surface area contributed by atoms with Crippen molar-refractivity contribution in [2.24, 2.45) is 0 Å². The largest absolute Gasteiger partial charge is 0.494 e. The maximum absolute atomic E-state index is 5.51. The highest BCUT2D eigenvalue weighted by Crippen LogP contribution is 2.22. The number of thioether (sulfide) groups is 1. The molecule has 0 aliphatic carbocycles. The summed E-state index contributed by atoms with van der Waals surface area (Å²) >= 11 is 2.05. The summed E-state index contributed by atoms with van der Waals surface area (Å²) in [5.74, 6) is 3.37. The molecule has 20 heavy (non-hydrogen) atoms. The van der Waals surface area contributed by atoms with E-state index in [0.29, 0.717) is 6.04 Å². The molecule has 1 atom stereocenters. The van der Waals surface area contributed by atoms with Gasteiger partial charge in [-0.25, -0.2) is 0 Å². The monoisotopic (exact) mass is 295 g/mol. The summed E-state index contributed by atoms with van der Waals surface area (Å²) < 4.78 is 5.51. The summed E-state index contributed by atoms with van der Waals surface area (Å²) in [6.45, 7) is 8.28. The van der Waals surface area contributed by atoms with Crippen LogP contribution in [0.5, 0.6) is 5.75 Å². The third-order valence-electron chi connectivity index (χ3n) is 3.16. The fraction of sp³-hybridized carbons (Fsp3) is 0.647. The molecule has 0 radical (unpaired) electrons. The lowest BCUT2D eigenvalue weighted by Gasteiger charge is -2.19. The van der Waals surface area contributed by atoms with Gasteiger partial charge in [-0.2, -0.15) is 11.8 Å². The maximum atomic E-state index is 5.51. The van der Waals surface area contributed by atoms with Crippen LogP contribution in [-0.2, 0) is 0 Å². The summed E-state index contributed by atoms with van der Waals surface area (Å²) in [5.41, 5.74) is 1.37. The first kappa shape index (κ1) is 17.4. The van der Waals surface area contributed by atoms with Gasteiger partial charge in [-0.1, -0.05) is 32.4 Å². The van der Waals surface area contributed by atoms with Gasteiger partial charge < -0.3 is 10.1 Å². The summed E-state index contributed by atoms with van der Waals surface area (Å²) in [4.78, 5) is 0. The Morgan fingerprint density at radius 1 is 1.10 bits per heavy atom. The van der Waals surface area contributed by atoms with E-state index >= 15 is 0 Å². The van der Waals surface area contributed by atoms with Crippen molar-refractivity contribution in [2.75, 3.05) is 24.7 Å². The van der Waals surface area contributed by atoms with E-state index in [4.69, 9.17) is 4.74 Å². The van der Waals surface area contributed by atoms with Gasteiger partial charge in [0.1, 0.15) is 5.75 Å². The van der Waals surface area contributed by atoms with Crippen molar-refractivity contribution in [3.63, 3.8) is 0 Å². The number of unbranched alkanes of at least 4 members (excludes halogenated alkanes) is 1. The number of benzene rings is 1. The Hall–Kier alpha value is -0.670. The van der Waals surface area contributed by atoms with Gasteiger partial charge >= 0.3 is 0 Å². The Labute approximate surface area is 128 Å². The van der Waals surface area contributed by atoms with E-state index in [1.54, 1.807) is 0 Å². The molecule has 0 bridgehead atoms. The normalized spacial score (nSPS) is 12.3. The van der Waals surface area contributed by atoms with E-state index < -0.39 is 0 Å². The Kier molecular flexibility index (Phi) is 9.60. The third kappa shape index (κ3) is 6.67. The van der Waals surface area contributed by atoms with Gasteiger partial charge in [-0.3, -0.25) is 0 Å². The first-order valence-electron chi connectivity index (χ1n) is 7.85. The molecule has 1 aromatic rings. The molecular weight excluding hydrogens is 266 g/mol. The molecular formula is C17H29NOS. The van der Waals surface area contributed by atoms with Crippen molar-refractivity contribution in [3.8, 4) is 5.75 Å². The topological polar surface area (TPSA) is 21.3 Å². The molecule has 1 aromatic carbocycles. The predicted octanol–water partition coefficient (Wildman–Crippen LogP) is 4.66. The van der Waals surface area contributed by atoms with Gasteiger partial charge in [0.2, 0.25) is 0 Å². The quantitative estimate of drug-likeness (QED) is 0.600. The number of ether oxygens (including phenoxy) is 1. The molecule has 2 nitrogen and oxygen atoms in total. The van der Waals surface area contributed by atoms with Crippen molar-refractivity contribution >= 4 is 11.8 Å². The first-order chi connectivity index (χ1) is 9.81. The van der Waals surface area contributed by atoms with E-state index in [1.165, 1.54) is 30.6 Å². The van der Waals surface area contributed by atoms with E-state index in [-0.39, 0.29) is 0 Å². The second-order valence-electron chi connectivity index (χ2n) is 4.94. The van der Waals surface area contributed by atoms with Gasteiger partial charge in [-0.05, 0) is 49.8 Å². The van der Waals surface area contributed by atoms with Crippen LogP contribution in [0.3, 0.4) is 0 Å². The molecule has 1 N–H and O–H groups in total. The SMILES string of the molecule is CCCCSCC(NCCC)c1ccc(OCC)cc1. The molecule has 0 spiro atoms. The molecule has 0 heterocycles. The highest BCUT2D eigenvalue weighted by atomic mass is 32.2. The highest BCUT2D eigenvalue weighted by Gasteiger charge is 2.10. The number of rotatable bonds is 11. The molecule has 3 heteroatoms. The third-order valence-corrected chi connectivity index (χ3v) is 4.31. The molecule has 0 aliphatic heterocycles. The molecule has 1 rings (SSSR count). The highest BCUT2D eigenvalue weighted by molar-refractivity contribution is 7.99. The van der Waals surface area contributed by atoms with E-state index in [0.717, 1.165) is 24.7 Å². The predicted molar refractivity (Wildman–Crippen MR) is 90.9 cm³/mol. The summed E-state index contributed by atoms with van der Waals surface area (Å²) in [5, 5.41) is 3.65. The molecule has 0 saturated heterocycles. The van der Waals surface area contributed by atoms with Gasteiger partial charge in [0.25, 0.3) is 0 Å². The number of hydrogen-bond acceptors (Lipinski definition) is 3. The molecule has 0 aromatic heterocycles. The fourth-order valence-electron chi connectivity index (χ4n) is 2.00. The second kappa shape index (κ2) is 11.0. The Morgan fingerprint density at radius 2 is 1.85 bits per heavy atom. The van der Waals surface area contributed by atoms with Crippen molar-refractivity contribution < 1.29 is 4.74 Å². The Morgan fingerprint density at radius 3 is 2.45 bits per heavy atom. The lowest BCUT2D eigenvalue weighted by Crippen LogP contribution is -2.24. The van der Waals surface area contributed by atoms with Crippen LogP contribution in [0, 0.1) is 0 Å². The van der Waals surface area contributed by atoms with Crippen molar-refractivity contribution in [2.45, 2.75) is 46.1 Å². The van der Waals surface area contributed by atoms with Crippen LogP contribution in [-0.4, -0.2) is 24.7 Å². The molecule has 1 unspecified atom stereocenters. The Bertz CT molecular complexity index is 339. The van der Waals surface area contributed by atoms with Crippen molar-refractivity contribution in [1.29, 1.82) is 0 Å². The van der Waals surface area contributed by atoms with Crippen LogP contribution >= 0.6 is 11.8 Å². The van der Waals surface area contributed by atoms with Crippen LogP contribution in [0.2, 0.25) is 0 Å². The van der Waals surface area contributed by atoms with Gasteiger partial charge in [0.15, 0.2) is 0 Å². The average molecular weight is 295 g/mol. The zero-order valence-electron chi connectivity index (χ0n) is 13.2.